The van der Waals surface area contributed by atoms with Crippen molar-refractivity contribution >= 4 is 5.97 Å². The Morgan fingerprint density at radius 3 is 1.99 bits per heavy atom. The fraction of sp³-hybridized carbons (Fsp3) is 0.938. The van der Waals surface area contributed by atoms with Crippen LogP contribution in [0.15, 0.2) is 11.6 Å². The highest BCUT2D eigenvalue weighted by Gasteiger charge is 2.71. The van der Waals surface area contributed by atoms with E-state index < -0.39 is 140 Å². The molecule has 8 rings (SSSR count). The molecule has 3 saturated heterocycles. The minimum atomic E-state index is -1.92. The molecule has 0 aromatic rings. The maximum absolute atomic E-state index is 15.4. The third kappa shape index (κ3) is 8.10. The molecule has 67 heavy (non-hydrogen) atoms. The molecule has 4 saturated carbocycles. The van der Waals surface area contributed by atoms with Crippen LogP contribution >= 0.6 is 0 Å². The van der Waals surface area contributed by atoms with E-state index in [0.717, 1.165) is 12.8 Å². The van der Waals surface area contributed by atoms with Crippen molar-refractivity contribution in [2.75, 3.05) is 19.8 Å². The van der Waals surface area contributed by atoms with Crippen LogP contribution in [0.25, 0.3) is 0 Å². The Hall–Kier alpha value is -1.47. The van der Waals surface area contributed by atoms with E-state index in [2.05, 4.69) is 40.7 Å². The lowest BCUT2D eigenvalue weighted by molar-refractivity contribution is -0.366. The molecule has 25 atom stereocenters. The average Bonchev–Trinajstić information content (AvgIpc) is 3.28. The van der Waals surface area contributed by atoms with Gasteiger partial charge in [0, 0.05) is 5.41 Å². The van der Waals surface area contributed by atoms with Gasteiger partial charge in [-0.25, -0.2) is 0 Å². The summed E-state index contributed by atoms with van der Waals surface area (Å²) < 4.78 is 35.5. The van der Waals surface area contributed by atoms with Crippen LogP contribution in [0.2, 0.25) is 0 Å². The first-order valence-electron chi connectivity index (χ1n) is 24.4. The quantitative estimate of drug-likeness (QED) is 0.0986. The van der Waals surface area contributed by atoms with Gasteiger partial charge in [0.25, 0.3) is 0 Å². The van der Waals surface area contributed by atoms with Gasteiger partial charge in [-0.05, 0) is 104 Å². The Morgan fingerprint density at radius 2 is 1.31 bits per heavy atom. The molecule has 5 aliphatic carbocycles. The van der Waals surface area contributed by atoms with Crippen LogP contribution < -0.4 is 0 Å². The van der Waals surface area contributed by atoms with Gasteiger partial charge in [0.1, 0.15) is 61.0 Å². The number of allylic oxidation sites excluding steroid dienone is 2. The molecule has 0 aromatic heterocycles. The van der Waals surface area contributed by atoms with Crippen molar-refractivity contribution in [1.82, 2.24) is 0 Å². The summed E-state index contributed by atoms with van der Waals surface area (Å²) in [6.07, 6.45) is -19.0. The smallest absolute Gasteiger partial charge is 0.315 e. The van der Waals surface area contributed by atoms with Crippen molar-refractivity contribution in [1.29, 1.82) is 0 Å². The highest BCUT2D eigenvalue weighted by atomic mass is 16.8. The number of carbonyl (C=O) groups is 1. The molecule has 3 aliphatic heterocycles. The van der Waals surface area contributed by atoms with Crippen LogP contribution in [0.5, 0.6) is 0 Å². The lowest BCUT2D eigenvalue weighted by Crippen LogP contribution is -2.68. The zero-order valence-corrected chi connectivity index (χ0v) is 39.8. The topological polar surface area (TPSA) is 315 Å². The molecule has 384 valence electrons. The molecule has 12 N–H and O–H groups in total. The molecular weight excluding hydrogens is 881 g/mol. The van der Waals surface area contributed by atoms with Crippen molar-refractivity contribution in [2.45, 2.75) is 211 Å². The predicted octanol–water partition coefficient (Wildman–Crippen LogP) is -0.889. The Morgan fingerprint density at radius 1 is 0.687 bits per heavy atom. The van der Waals surface area contributed by atoms with Gasteiger partial charge in [-0.2, -0.15) is 0 Å². The van der Waals surface area contributed by atoms with E-state index in [9.17, 15) is 61.3 Å². The summed E-state index contributed by atoms with van der Waals surface area (Å²) in [7, 11) is 0. The molecule has 0 unspecified atom stereocenters. The van der Waals surface area contributed by atoms with E-state index in [1.807, 2.05) is 6.92 Å². The van der Waals surface area contributed by atoms with Crippen LogP contribution in [0.1, 0.15) is 106 Å². The first-order valence-corrected chi connectivity index (χ1v) is 24.4. The lowest BCUT2D eigenvalue weighted by atomic mass is 9.33. The first-order chi connectivity index (χ1) is 31.2. The molecule has 0 aromatic carbocycles. The van der Waals surface area contributed by atoms with Crippen LogP contribution in [0.4, 0.5) is 0 Å². The zero-order valence-electron chi connectivity index (χ0n) is 39.8. The van der Waals surface area contributed by atoms with Crippen molar-refractivity contribution in [2.24, 2.45) is 50.2 Å². The second-order valence-electron chi connectivity index (χ2n) is 23.5. The maximum Gasteiger partial charge on any atom is 0.315 e. The number of aliphatic hydroxyl groups excluding tert-OH is 12. The van der Waals surface area contributed by atoms with Crippen molar-refractivity contribution in [3.05, 3.63) is 11.6 Å². The summed E-state index contributed by atoms with van der Waals surface area (Å²) >= 11 is 0. The Labute approximate surface area is 392 Å². The predicted molar refractivity (Wildman–Crippen MR) is 232 cm³/mol. The maximum atomic E-state index is 15.4. The standard InChI is InChI=1S/C48H78O19/c1-21-29(52)32(55)36(59)40(63-21)66-37-34(57)31(54)26(19-62-39-35(58)33(56)30(53)25(18-49)64-39)65-41(37)67-42(61)48-14-12-43(2,3)16-23(48)22-8-9-28-44(4)17-24(51)38(60)45(5,20-50)27(44)10-11-47(28,7)46(22,6)13-15-48/h8,21,23-41,49-60H,9-20H2,1-7H3/t21-,23-,24-,25+,26+,27+,28+,29-,30+,31+,32+,33-,34-,35+,36+,37+,38-,39+,40-,41-,44-,45-,46+,47+,48-/m0/s1. The van der Waals surface area contributed by atoms with Gasteiger partial charge in [-0.15, -0.1) is 0 Å². The molecule has 19 nitrogen and oxygen atoms in total. The Kier molecular flexibility index (Phi) is 14.1. The van der Waals surface area contributed by atoms with Gasteiger partial charge in [-0.3, -0.25) is 4.79 Å². The SMILES string of the molecule is C[C@@H]1O[C@@H](O[C@H]2[C@H](OC(=O)[C@]34CCC(C)(C)C[C@H]3C3=CC[C@@H]5[C@@]6(C)C[C@H](O)[C@H](O)[C@@](C)(CO)[C@@H]6CC[C@@]5(C)[C@]3(C)CC4)O[C@H](CO[C@@H]3O[C@H](CO)[C@@H](O)[C@H](O)[C@H]3O)[C@@H](O)[C@@H]2O)[C@H](O)[C@H](O)[C@H]1O. The second kappa shape index (κ2) is 18.2. The highest BCUT2D eigenvalue weighted by Crippen LogP contribution is 2.76. The van der Waals surface area contributed by atoms with E-state index in [4.69, 9.17) is 28.4 Å². The molecule has 0 radical (unpaired) electrons. The van der Waals surface area contributed by atoms with E-state index in [1.54, 1.807) is 0 Å². The number of hydrogen-bond donors (Lipinski definition) is 12. The van der Waals surface area contributed by atoms with Gasteiger partial charge in [0.15, 0.2) is 18.7 Å². The average molecular weight is 959 g/mol. The number of esters is 1. The van der Waals surface area contributed by atoms with Gasteiger partial charge < -0.3 is 89.7 Å². The molecule has 0 bridgehead atoms. The number of rotatable bonds is 9. The monoisotopic (exact) mass is 959 g/mol. The summed E-state index contributed by atoms with van der Waals surface area (Å²) in [5.74, 6) is -0.863. The van der Waals surface area contributed by atoms with Crippen molar-refractivity contribution < 1.29 is 94.5 Å². The molecular formula is C48H78O19. The fourth-order valence-corrected chi connectivity index (χ4v) is 14.9. The van der Waals surface area contributed by atoms with Crippen LogP contribution in [-0.2, 0) is 33.2 Å². The third-order valence-corrected chi connectivity index (χ3v) is 19.4. The third-order valence-electron chi connectivity index (χ3n) is 19.4. The van der Waals surface area contributed by atoms with E-state index in [-0.39, 0.29) is 40.6 Å². The Bertz CT molecular complexity index is 1830. The summed E-state index contributed by atoms with van der Waals surface area (Å²) in [4.78, 5) is 15.4. The van der Waals surface area contributed by atoms with Crippen LogP contribution in [-0.4, -0.2) is 191 Å². The molecule has 0 spiro atoms. The number of aliphatic hydroxyl groups is 12. The van der Waals surface area contributed by atoms with E-state index >= 15 is 4.79 Å². The molecule has 7 fully saturated rings. The largest absolute Gasteiger partial charge is 0.432 e. The summed E-state index contributed by atoms with van der Waals surface area (Å²) in [6, 6.07) is 0. The van der Waals surface area contributed by atoms with Crippen LogP contribution in [0, 0.1) is 50.2 Å². The normalized spacial score (nSPS) is 55.2. The first kappa shape index (κ1) is 51.9. The molecule has 8 aliphatic rings. The number of hydrogen-bond acceptors (Lipinski definition) is 19. The number of fused-ring (bicyclic) bond motifs is 7. The number of carbonyl (C=O) groups excluding carboxylic acids is 1. The molecule has 19 heteroatoms. The zero-order chi connectivity index (χ0) is 49.1. The van der Waals surface area contributed by atoms with Crippen molar-refractivity contribution in [3.8, 4) is 0 Å². The molecule has 0 amide bonds. The number of ether oxygens (including phenoxy) is 6. The summed E-state index contributed by atoms with van der Waals surface area (Å²) in [5, 5.41) is 129. The highest BCUT2D eigenvalue weighted by molar-refractivity contribution is 5.79. The van der Waals surface area contributed by atoms with Gasteiger partial charge in [0.2, 0.25) is 6.29 Å². The molecule has 3 heterocycles. The van der Waals surface area contributed by atoms with Crippen LogP contribution in [0.3, 0.4) is 0 Å². The minimum absolute atomic E-state index is 0.0334. The van der Waals surface area contributed by atoms with Crippen molar-refractivity contribution in [3.63, 3.8) is 0 Å². The summed E-state index contributed by atoms with van der Waals surface area (Å²) in [5.41, 5.74) is -2.04. The minimum Gasteiger partial charge on any atom is -0.432 e. The van der Waals surface area contributed by atoms with Gasteiger partial charge >= 0.3 is 5.97 Å². The van der Waals surface area contributed by atoms with E-state index in [0.29, 0.717) is 44.9 Å². The summed E-state index contributed by atoms with van der Waals surface area (Å²) in [6.45, 7) is 13.0. The lowest BCUT2D eigenvalue weighted by Gasteiger charge is -2.71. The second-order valence-corrected chi connectivity index (χ2v) is 23.5. The fourth-order valence-electron chi connectivity index (χ4n) is 14.9. The van der Waals surface area contributed by atoms with Gasteiger partial charge in [-0.1, -0.05) is 53.2 Å². The Balaban J connectivity index is 1.10. The van der Waals surface area contributed by atoms with Gasteiger partial charge in [0.05, 0.1) is 43.5 Å². The van der Waals surface area contributed by atoms with E-state index in [1.165, 1.54) is 12.5 Å².